The number of nitrogens with zero attached hydrogens (tertiary/aromatic N) is 1. The van der Waals surface area contributed by atoms with E-state index in [0.29, 0.717) is 27.6 Å². The number of methoxy groups -OCH3 is 1. The average molecular weight is 279 g/mol. The number of hydrogen-bond acceptors (Lipinski definition) is 5. The lowest BCUT2D eigenvalue weighted by atomic mass is 10.1. The van der Waals surface area contributed by atoms with Crippen molar-refractivity contribution in [2.24, 2.45) is 0 Å². The molecule has 0 aliphatic carbocycles. The van der Waals surface area contributed by atoms with Crippen LogP contribution in [-0.4, -0.2) is 29.0 Å². The number of thiazole rings is 1. The van der Waals surface area contributed by atoms with E-state index in [2.05, 4.69) is 15.3 Å². The predicted octanol–water partition coefficient (Wildman–Crippen LogP) is 2.13. The lowest BCUT2D eigenvalue weighted by Crippen LogP contribution is -2.13. The van der Waals surface area contributed by atoms with Gasteiger partial charge in [-0.05, 0) is 19.4 Å². The number of hydrogen-bond donors (Lipinski definition) is 2. The number of rotatable bonds is 3. The Kier molecular flexibility index (Phi) is 3.66. The number of H-pyrrole nitrogens is 1. The van der Waals surface area contributed by atoms with E-state index in [1.54, 1.807) is 25.4 Å². The van der Waals surface area contributed by atoms with Gasteiger partial charge in [0.1, 0.15) is 5.69 Å². The molecule has 19 heavy (non-hydrogen) atoms. The second-order valence-electron chi connectivity index (χ2n) is 3.91. The Morgan fingerprint density at radius 1 is 1.42 bits per heavy atom. The van der Waals surface area contributed by atoms with Crippen molar-refractivity contribution in [3.05, 3.63) is 34.1 Å². The lowest BCUT2D eigenvalue weighted by molar-refractivity contribution is 0.0599. The van der Waals surface area contributed by atoms with Crippen LogP contribution in [-0.2, 0) is 4.74 Å². The minimum Gasteiger partial charge on any atom is -0.465 e. The first-order valence-electron chi connectivity index (χ1n) is 5.53. The van der Waals surface area contributed by atoms with Crippen LogP contribution in [0.4, 0.5) is 5.13 Å². The van der Waals surface area contributed by atoms with Gasteiger partial charge in [0.25, 0.3) is 5.91 Å². The average Bonchev–Trinajstić information content (AvgIpc) is 2.97. The summed E-state index contributed by atoms with van der Waals surface area (Å²) in [6, 6.07) is 0. The molecule has 0 radical (unpaired) electrons. The van der Waals surface area contributed by atoms with Crippen LogP contribution < -0.4 is 5.32 Å². The lowest BCUT2D eigenvalue weighted by Gasteiger charge is -2.01. The largest absolute Gasteiger partial charge is 0.465 e. The number of carbonyl (C=O) groups excluding carboxylic acids is 2. The van der Waals surface area contributed by atoms with Crippen molar-refractivity contribution in [2.45, 2.75) is 13.8 Å². The molecule has 2 aromatic heterocycles. The fraction of sp³-hybridized carbons (Fsp3) is 0.250. The molecule has 0 fully saturated rings. The van der Waals surface area contributed by atoms with E-state index >= 15 is 0 Å². The topological polar surface area (TPSA) is 84.1 Å². The third-order valence-corrected chi connectivity index (χ3v) is 3.40. The normalized spacial score (nSPS) is 10.3. The molecule has 0 aromatic carbocycles. The first kappa shape index (κ1) is 13.3. The Labute approximate surface area is 113 Å². The zero-order valence-corrected chi connectivity index (χ0v) is 11.6. The van der Waals surface area contributed by atoms with Crippen LogP contribution in [0.3, 0.4) is 0 Å². The highest BCUT2D eigenvalue weighted by atomic mass is 32.1. The van der Waals surface area contributed by atoms with E-state index in [1.165, 1.54) is 18.4 Å². The molecule has 2 aromatic rings. The van der Waals surface area contributed by atoms with E-state index in [-0.39, 0.29) is 5.91 Å². The second-order valence-corrected chi connectivity index (χ2v) is 4.80. The van der Waals surface area contributed by atoms with Crippen molar-refractivity contribution < 1.29 is 14.3 Å². The highest BCUT2D eigenvalue weighted by molar-refractivity contribution is 7.13. The Balaban J connectivity index is 2.31. The molecule has 0 bridgehead atoms. The fourth-order valence-electron chi connectivity index (χ4n) is 1.83. The Hall–Kier alpha value is -2.15. The molecule has 0 aliphatic heterocycles. The van der Waals surface area contributed by atoms with Crippen molar-refractivity contribution in [1.82, 2.24) is 9.97 Å². The molecular formula is C12H13N3O3S. The van der Waals surface area contributed by atoms with Gasteiger partial charge in [-0.1, -0.05) is 0 Å². The fourth-order valence-corrected chi connectivity index (χ4v) is 2.35. The monoisotopic (exact) mass is 279 g/mol. The van der Waals surface area contributed by atoms with Crippen molar-refractivity contribution in [3.63, 3.8) is 0 Å². The van der Waals surface area contributed by atoms with Gasteiger partial charge in [0, 0.05) is 17.3 Å². The SMILES string of the molecule is COC(=O)c1c(C)[nH]c(C(=O)Nc2nccs2)c1C. The van der Waals surface area contributed by atoms with Gasteiger partial charge in [0.15, 0.2) is 5.13 Å². The van der Waals surface area contributed by atoms with E-state index in [0.717, 1.165) is 0 Å². The van der Waals surface area contributed by atoms with Gasteiger partial charge in [-0.15, -0.1) is 11.3 Å². The number of anilines is 1. The van der Waals surface area contributed by atoms with Crippen LogP contribution in [0.25, 0.3) is 0 Å². The molecule has 1 amide bonds. The molecule has 2 N–H and O–H groups in total. The maximum absolute atomic E-state index is 12.1. The summed E-state index contributed by atoms with van der Waals surface area (Å²) in [5.74, 6) is -0.787. The number of amides is 1. The molecule has 0 saturated heterocycles. The Bertz CT molecular complexity index is 616. The first-order valence-corrected chi connectivity index (χ1v) is 6.41. The minimum absolute atomic E-state index is 0.328. The summed E-state index contributed by atoms with van der Waals surface area (Å²) in [4.78, 5) is 30.6. The van der Waals surface area contributed by atoms with Gasteiger partial charge in [-0.25, -0.2) is 9.78 Å². The highest BCUT2D eigenvalue weighted by Gasteiger charge is 2.22. The summed E-state index contributed by atoms with van der Waals surface area (Å²) < 4.78 is 4.70. The zero-order chi connectivity index (χ0) is 14.0. The van der Waals surface area contributed by atoms with Crippen LogP contribution in [0.2, 0.25) is 0 Å². The van der Waals surface area contributed by atoms with Crippen LogP contribution in [0.1, 0.15) is 32.1 Å². The molecule has 0 spiro atoms. The standard InChI is InChI=1S/C12H13N3O3S/c1-6-8(11(17)18-3)7(2)14-9(6)10(16)15-12-13-4-5-19-12/h4-5,14H,1-3H3,(H,13,15,16). The summed E-state index contributed by atoms with van der Waals surface area (Å²) >= 11 is 1.33. The molecule has 0 atom stereocenters. The molecule has 6 nitrogen and oxygen atoms in total. The van der Waals surface area contributed by atoms with E-state index in [4.69, 9.17) is 4.74 Å². The van der Waals surface area contributed by atoms with Crippen molar-refractivity contribution in [1.29, 1.82) is 0 Å². The minimum atomic E-state index is -0.459. The molecule has 0 aliphatic rings. The van der Waals surface area contributed by atoms with Gasteiger partial charge in [0.2, 0.25) is 0 Å². The third-order valence-electron chi connectivity index (χ3n) is 2.71. The number of aromatic nitrogens is 2. The summed E-state index contributed by atoms with van der Waals surface area (Å²) in [5, 5.41) is 4.94. The van der Waals surface area contributed by atoms with Crippen LogP contribution in [0, 0.1) is 13.8 Å². The van der Waals surface area contributed by atoms with Gasteiger partial charge in [-0.3, -0.25) is 10.1 Å². The van der Waals surface area contributed by atoms with Crippen LogP contribution in [0.5, 0.6) is 0 Å². The summed E-state index contributed by atoms with van der Waals surface area (Å²) in [5.41, 5.74) is 1.91. The van der Waals surface area contributed by atoms with E-state index < -0.39 is 5.97 Å². The van der Waals surface area contributed by atoms with Crippen molar-refractivity contribution >= 4 is 28.3 Å². The van der Waals surface area contributed by atoms with Gasteiger partial charge >= 0.3 is 5.97 Å². The van der Waals surface area contributed by atoms with Crippen LogP contribution in [0.15, 0.2) is 11.6 Å². The van der Waals surface area contributed by atoms with Crippen LogP contribution >= 0.6 is 11.3 Å². The Morgan fingerprint density at radius 2 is 2.16 bits per heavy atom. The van der Waals surface area contributed by atoms with Gasteiger partial charge in [0.05, 0.1) is 12.7 Å². The predicted molar refractivity (Wildman–Crippen MR) is 71.7 cm³/mol. The van der Waals surface area contributed by atoms with E-state index in [9.17, 15) is 9.59 Å². The molecule has 0 unspecified atom stereocenters. The number of aromatic amines is 1. The molecule has 2 heterocycles. The number of nitrogens with one attached hydrogen (secondary N) is 2. The molecular weight excluding hydrogens is 266 g/mol. The molecule has 100 valence electrons. The molecule has 2 rings (SSSR count). The number of ether oxygens (including phenoxy) is 1. The van der Waals surface area contributed by atoms with Crippen molar-refractivity contribution in [3.8, 4) is 0 Å². The summed E-state index contributed by atoms with van der Waals surface area (Å²) in [6.07, 6.45) is 1.60. The first-order chi connectivity index (χ1) is 9.04. The number of aryl methyl sites for hydroxylation is 1. The van der Waals surface area contributed by atoms with E-state index in [1.807, 2.05) is 0 Å². The maximum atomic E-state index is 12.1. The third kappa shape index (κ3) is 2.50. The number of esters is 1. The summed E-state index contributed by atoms with van der Waals surface area (Å²) in [7, 11) is 1.31. The zero-order valence-electron chi connectivity index (χ0n) is 10.7. The molecule has 0 saturated carbocycles. The van der Waals surface area contributed by atoms with Gasteiger partial charge in [-0.2, -0.15) is 0 Å². The highest BCUT2D eigenvalue weighted by Crippen LogP contribution is 2.20. The Morgan fingerprint density at radius 3 is 2.74 bits per heavy atom. The number of carbonyl (C=O) groups is 2. The van der Waals surface area contributed by atoms with Crippen molar-refractivity contribution in [2.75, 3.05) is 12.4 Å². The second kappa shape index (κ2) is 5.23. The molecule has 7 heteroatoms. The smallest absolute Gasteiger partial charge is 0.339 e. The maximum Gasteiger partial charge on any atom is 0.339 e. The summed E-state index contributed by atoms with van der Waals surface area (Å²) in [6.45, 7) is 3.42. The quantitative estimate of drug-likeness (QED) is 0.843. The van der Waals surface area contributed by atoms with Gasteiger partial charge < -0.3 is 9.72 Å².